The molecule has 0 atom stereocenters. The normalized spacial score (nSPS) is 12.5. The van der Waals surface area contributed by atoms with Gasteiger partial charge in [-0.1, -0.05) is 0 Å². The van der Waals surface area contributed by atoms with Gasteiger partial charge in [-0.15, -0.1) is 0 Å². The quantitative estimate of drug-likeness (QED) is 0.728. The number of aromatic nitrogens is 2. The van der Waals surface area contributed by atoms with Crippen LogP contribution >= 0.6 is 0 Å². The number of nitrogens with zero attached hydrogens (tertiary/aromatic N) is 2. The number of fused-ring (bicyclic) bond motifs is 1. The summed E-state index contributed by atoms with van der Waals surface area (Å²) in [6, 6.07) is 6.65. The van der Waals surface area contributed by atoms with E-state index in [0.717, 1.165) is 0 Å². The summed E-state index contributed by atoms with van der Waals surface area (Å²) >= 11 is 0. The van der Waals surface area contributed by atoms with E-state index >= 15 is 0 Å². The lowest BCUT2D eigenvalue weighted by molar-refractivity contribution is 0.103. The van der Waals surface area contributed by atoms with Crippen molar-refractivity contribution in [3.63, 3.8) is 0 Å². The van der Waals surface area contributed by atoms with Crippen molar-refractivity contribution in [3.8, 4) is 11.5 Å². The first-order valence-electron chi connectivity index (χ1n) is 5.05. The Labute approximate surface area is 97.0 Å². The molecule has 5 heteroatoms. The molecule has 1 aromatic heterocycles. The van der Waals surface area contributed by atoms with E-state index in [9.17, 15) is 4.79 Å². The van der Waals surface area contributed by atoms with Crippen LogP contribution in [0.25, 0.3) is 0 Å². The van der Waals surface area contributed by atoms with Gasteiger partial charge in [0.15, 0.2) is 11.5 Å². The molecule has 5 nitrogen and oxygen atoms in total. The average molecular weight is 228 g/mol. The van der Waals surface area contributed by atoms with E-state index in [1.807, 2.05) is 0 Å². The van der Waals surface area contributed by atoms with E-state index in [-0.39, 0.29) is 12.6 Å². The highest BCUT2D eigenvalue weighted by atomic mass is 16.7. The maximum atomic E-state index is 12.1. The van der Waals surface area contributed by atoms with Crippen LogP contribution in [0.2, 0.25) is 0 Å². The van der Waals surface area contributed by atoms with Gasteiger partial charge in [0.1, 0.15) is 12.0 Å². The molecule has 2 heterocycles. The Kier molecular flexibility index (Phi) is 2.22. The van der Waals surface area contributed by atoms with E-state index in [2.05, 4.69) is 9.97 Å². The van der Waals surface area contributed by atoms with Crippen LogP contribution in [0.15, 0.2) is 36.8 Å². The van der Waals surface area contributed by atoms with Gasteiger partial charge in [-0.2, -0.15) is 0 Å². The summed E-state index contributed by atoms with van der Waals surface area (Å²) in [7, 11) is 0. The number of rotatable bonds is 2. The smallest absolute Gasteiger partial charge is 0.231 e. The molecule has 1 aliphatic heterocycles. The minimum Gasteiger partial charge on any atom is -0.454 e. The van der Waals surface area contributed by atoms with Gasteiger partial charge in [-0.3, -0.25) is 4.79 Å². The van der Waals surface area contributed by atoms with Gasteiger partial charge >= 0.3 is 0 Å². The number of hydrogen-bond acceptors (Lipinski definition) is 5. The molecule has 0 saturated carbocycles. The molecule has 0 radical (unpaired) electrons. The van der Waals surface area contributed by atoms with Gasteiger partial charge in [-0.25, -0.2) is 9.97 Å². The molecule has 0 aliphatic carbocycles. The van der Waals surface area contributed by atoms with Gasteiger partial charge in [0, 0.05) is 11.8 Å². The zero-order valence-electron chi connectivity index (χ0n) is 8.79. The largest absolute Gasteiger partial charge is 0.454 e. The standard InChI is InChI=1S/C12H8N2O3/c15-12(9-3-4-13-6-14-9)8-1-2-10-11(5-8)17-7-16-10/h1-6H,7H2. The first-order chi connectivity index (χ1) is 8.34. The van der Waals surface area contributed by atoms with Crippen molar-refractivity contribution < 1.29 is 14.3 Å². The molecule has 0 saturated heterocycles. The zero-order chi connectivity index (χ0) is 11.7. The van der Waals surface area contributed by atoms with Crippen LogP contribution in [0.5, 0.6) is 11.5 Å². The second kappa shape index (κ2) is 3.86. The van der Waals surface area contributed by atoms with Crippen LogP contribution in [0, 0.1) is 0 Å². The fraction of sp³-hybridized carbons (Fsp3) is 0.0833. The number of carbonyl (C=O) groups is 1. The summed E-state index contributed by atoms with van der Waals surface area (Å²) in [5, 5.41) is 0. The highest BCUT2D eigenvalue weighted by molar-refractivity contribution is 6.07. The predicted molar refractivity (Wildman–Crippen MR) is 58.0 cm³/mol. The van der Waals surface area contributed by atoms with Crippen molar-refractivity contribution in [3.05, 3.63) is 48.0 Å². The van der Waals surface area contributed by atoms with E-state index in [4.69, 9.17) is 9.47 Å². The minimum absolute atomic E-state index is 0.161. The van der Waals surface area contributed by atoms with Crippen molar-refractivity contribution in [2.45, 2.75) is 0 Å². The third-order valence-corrected chi connectivity index (χ3v) is 2.45. The zero-order valence-corrected chi connectivity index (χ0v) is 8.79. The Hall–Kier alpha value is -2.43. The molecule has 3 rings (SSSR count). The summed E-state index contributed by atoms with van der Waals surface area (Å²) in [4.78, 5) is 19.7. The Bertz CT molecular complexity index is 569. The molecule has 0 spiro atoms. The SMILES string of the molecule is O=C(c1ccc2c(c1)OCO2)c1ccncn1. The first-order valence-corrected chi connectivity index (χ1v) is 5.05. The molecule has 0 fully saturated rings. The van der Waals surface area contributed by atoms with Crippen molar-refractivity contribution >= 4 is 5.78 Å². The van der Waals surface area contributed by atoms with Crippen LogP contribution in [0.4, 0.5) is 0 Å². The average Bonchev–Trinajstić information content (AvgIpc) is 2.86. The molecule has 0 N–H and O–H groups in total. The monoisotopic (exact) mass is 228 g/mol. The third-order valence-electron chi connectivity index (χ3n) is 2.45. The summed E-state index contributed by atoms with van der Waals surface area (Å²) < 4.78 is 10.4. The summed E-state index contributed by atoms with van der Waals surface area (Å²) in [5.41, 5.74) is 0.881. The molecular weight excluding hydrogens is 220 g/mol. The second-order valence-electron chi connectivity index (χ2n) is 3.49. The second-order valence-corrected chi connectivity index (χ2v) is 3.49. The number of ether oxygens (including phenoxy) is 2. The fourth-order valence-electron chi connectivity index (χ4n) is 1.61. The Balaban J connectivity index is 1.97. The molecule has 0 bridgehead atoms. The van der Waals surface area contributed by atoms with Crippen molar-refractivity contribution in [2.24, 2.45) is 0 Å². The van der Waals surface area contributed by atoms with E-state index < -0.39 is 0 Å². The lowest BCUT2D eigenvalue weighted by Gasteiger charge is -2.01. The molecule has 0 unspecified atom stereocenters. The van der Waals surface area contributed by atoms with Crippen molar-refractivity contribution in [1.29, 1.82) is 0 Å². The van der Waals surface area contributed by atoms with Crippen LogP contribution in [-0.2, 0) is 0 Å². The summed E-state index contributed by atoms with van der Waals surface area (Å²) in [5.74, 6) is 1.08. The number of benzene rings is 1. The molecule has 0 amide bonds. The molecule has 84 valence electrons. The lowest BCUT2D eigenvalue weighted by Crippen LogP contribution is -2.03. The van der Waals surface area contributed by atoms with E-state index in [1.165, 1.54) is 12.5 Å². The minimum atomic E-state index is -0.161. The van der Waals surface area contributed by atoms with Crippen molar-refractivity contribution in [1.82, 2.24) is 9.97 Å². The van der Waals surface area contributed by atoms with Crippen molar-refractivity contribution in [2.75, 3.05) is 6.79 Å². The summed E-state index contributed by atoms with van der Waals surface area (Å²) in [6.45, 7) is 0.195. The summed E-state index contributed by atoms with van der Waals surface area (Å²) in [6.07, 6.45) is 2.88. The van der Waals surface area contributed by atoms with E-state index in [0.29, 0.717) is 22.8 Å². The Morgan fingerprint density at radius 2 is 2.06 bits per heavy atom. The molecule has 1 aromatic carbocycles. The van der Waals surface area contributed by atoms with Gasteiger partial charge in [-0.05, 0) is 24.3 Å². The lowest BCUT2D eigenvalue weighted by atomic mass is 10.1. The Morgan fingerprint density at radius 3 is 2.88 bits per heavy atom. The maximum Gasteiger partial charge on any atom is 0.231 e. The van der Waals surface area contributed by atoms with Gasteiger partial charge in [0.25, 0.3) is 0 Å². The highest BCUT2D eigenvalue weighted by Gasteiger charge is 2.17. The molecular formula is C12H8N2O3. The van der Waals surface area contributed by atoms with Crippen LogP contribution in [0.1, 0.15) is 16.1 Å². The first kappa shape index (κ1) is 9.77. The molecule has 2 aromatic rings. The van der Waals surface area contributed by atoms with Crippen LogP contribution < -0.4 is 9.47 Å². The fourth-order valence-corrected chi connectivity index (χ4v) is 1.61. The highest BCUT2D eigenvalue weighted by Crippen LogP contribution is 2.32. The van der Waals surface area contributed by atoms with Crippen LogP contribution in [-0.4, -0.2) is 22.5 Å². The number of ketones is 1. The molecule has 17 heavy (non-hydrogen) atoms. The van der Waals surface area contributed by atoms with E-state index in [1.54, 1.807) is 24.3 Å². The maximum absolute atomic E-state index is 12.1. The third kappa shape index (κ3) is 1.71. The number of hydrogen-bond donors (Lipinski definition) is 0. The number of carbonyl (C=O) groups excluding carboxylic acids is 1. The topological polar surface area (TPSA) is 61.3 Å². The van der Waals surface area contributed by atoms with Gasteiger partial charge in [0.2, 0.25) is 12.6 Å². The predicted octanol–water partition coefficient (Wildman–Crippen LogP) is 1.44. The Morgan fingerprint density at radius 1 is 1.18 bits per heavy atom. The molecule has 1 aliphatic rings. The van der Waals surface area contributed by atoms with Gasteiger partial charge in [0.05, 0.1) is 0 Å². The van der Waals surface area contributed by atoms with Gasteiger partial charge < -0.3 is 9.47 Å². The van der Waals surface area contributed by atoms with Crippen LogP contribution in [0.3, 0.4) is 0 Å².